The smallest absolute Gasteiger partial charge is 0.274 e. The van der Waals surface area contributed by atoms with E-state index in [1.165, 1.54) is 23.1 Å². The van der Waals surface area contributed by atoms with Crippen LogP contribution in [0.15, 0.2) is 40.9 Å². The summed E-state index contributed by atoms with van der Waals surface area (Å²) < 4.78 is 53.2. The molecule has 2 aliphatic heterocycles. The third-order valence-electron chi connectivity index (χ3n) is 11.6. The predicted molar refractivity (Wildman–Crippen MR) is 194 cm³/mol. The van der Waals surface area contributed by atoms with Crippen LogP contribution in [0.2, 0.25) is 0 Å². The third kappa shape index (κ3) is 7.42. The van der Waals surface area contributed by atoms with Gasteiger partial charge >= 0.3 is 0 Å². The van der Waals surface area contributed by atoms with Crippen LogP contribution < -0.4 is 20.1 Å². The van der Waals surface area contributed by atoms with Crippen molar-refractivity contribution in [1.29, 1.82) is 0 Å². The maximum absolute atomic E-state index is 14.6. The SMILES string of the molecule is Cc1nc2ccc(F)cc2nc1O[C@@H]1C[C@H]2C(=O)N[C@]3(C(=O)NS(=O)(=O)C4(C)CC4)C[C@H]3/C=C\CCCCC[C@H](NC(=O)c3cc(C4CC4)on3)C(=O)N2C1. The van der Waals surface area contributed by atoms with Crippen LogP contribution in [-0.2, 0) is 24.4 Å². The Labute approximate surface area is 317 Å². The number of nitrogens with zero attached hydrogens (tertiary/aromatic N) is 4. The first-order valence-electron chi connectivity index (χ1n) is 19.0. The zero-order valence-electron chi connectivity index (χ0n) is 30.7. The molecule has 5 atom stereocenters. The number of carbonyl (C=O) groups is 4. The summed E-state index contributed by atoms with van der Waals surface area (Å²) >= 11 is 0. The molecule has 17 heteroatoms. The van der Waals surface area contributed by atoms with E-state index in [4.69, 9.17) is 9.26 Å². The van der Waals surface area contributed by atoms with E-state index in [1.807, 2.05) is 12.2 Å². The van der Waals surface area contributed by atoms with Crippen molar-refractivity contribution in [2.24, 2.45) is 5.92 Å². The Morgan fingerprint density at radius 1 is 1.07 bits per heavy atom. The molecule has 0 radical (unpaired) electrons. The second-order valence-electron chi connectivity index (χ2n) is 15.9. The minimum Gasteiger partial charge on any atom is -0.471 e. The Kier molecular flexibility index (Phi) is 9.41. The van der Waals surface area contributed by atoms with Crippen molar-refractivity contribution in [3.63, 3.8) is 0 Å². The summed E-state index contributed by atoms with van der Waals surface area (Å²) in [6, 6.07) is 3.40. The number of rotatable bonds is 8. The van der Waals surface area contributed by atoms with E-state index in [-0.39, 0.29) is 48.8 Å². The molecule has 1 saturated heterocycles. The number of amides is 4. The molecule has 1 aromatic carbocycles. The molecule has 292 valence electrons. The molecule has 2 aromatic heterocycles. The van der Waals surface area contributed by atoms with Crippen LogP contribution in [0.3, 0.4) is 0 Å². The highest BCUT2D eigenvalue weighted by Gasteiger charge is 2.63. The summed E-state index contributed by atoms with van der Waals surface area (Å²) in [7, 11) is -4.01. The van der Waals surface area contributed by atoms with Gasteiger partial charge in [0.05, 0.1) is 22.3 Å². The number of ether oxygens (including phenoxy) is 1. The lowest BCUT2D eigenvalue weighted by molar-refractivity contribution is -0.141. The van der Waals surface area contributed by atoms with E-state index < -0.39 is 73.9 Å². The highest BCUT2D eigenvalue weighted by molar-refractivity contribution is 7.91. The van der Waals surface area contributed by atoms with Gasteiger partial charge in [-0.2, -0.15) is 0 Å². The fourth-order valence-corrected chi connectivity index (χ4v) is 8.82. The normalized spacial score (nSPS) is 28.5. The maximum Gasteiger partial charge on any atom is 0.274 e. The van der Waals surface area contributed by atoms with Crippen molar-refractivity contribution in [1.82, 2.24) is 35.4 Å². The van der Waals surface area contributed by atoms with Gasteiger partial charge in [0.25, 0.3) is 11.8 Å². The van der Waals surface area contributed by atoms with E-state index in [2.05, 4.69) is 30.5 Å². The number of aryl methyl sites for hydroxylation is 1. The van der Waals surface area contributed by atoms with E-state index in [1.54, 1.807) is 19.9 Å². The summed E-state index contributed by atoms with van der Waals surface area (Å²) in [6.07, 6.45) is 8.93. The summed E-state index contributed by atoms with van der Waals surface area (Å²) in [4.78, 5) is 66.6. The summed E-state index contributed by atoms with van der Waals surface area (Å²) in [5.74, 6) is -2.63. The molecule has 0 bridgehead atoms. The Hall–Kier alpha value is -4.93. The number of sulfonamides is 1. The van der Waals surface area contributed by atoms with Gasteiger partial charge in [-0.05, 0) is 77.3 Å². The van der Waals surface area contributed by atoms with Gasteiger partial charge in [-0.15, -0.1) is 0 Å². The molecule has 15 nitrogen and oxygen atoms in total. The lowest BCUT2D eigenvalue weighted by Gasteiger charge is -2.30. The number of allylic oxidation sites excluding steroid dienone is 1. The van der Waals surface area contributed by atoms with Crippen LogP contribution in [0.25, 0.3) is 11.0 Å². The average molecular weight is 778 g/mol. The molecular formula is C38H44FN7O8S. The van der Waals surface area contributed by atoms with Crippen LogP contribution >= 0.6 is 0 Å². The molecule has 55 heavy (non-hydrogen) atoms. The lowest BCUT2D eigenvalue weighted by Crippen LogP contribution is -2.58. The van der Waals surface area contributed by atoms with E-state index >= 15 is 0 Å². The topological polar surface area (TPSA) is 203 Å². The Bertz CT molecular complexity index is 2200. The number of nitrogens with one attached hydrogen (secondary N) is 3. The van der Waals surface area contributed by atoms with Crippen molar-refractivity contribution in [2.75, 3.05) is 6.54 Å². The summed E-state index contributed by atoms with van der Waals surface area (Å²) in [6.45, 7) is 3.17. The van der Waals surface area contributed by atoms with Crippen LogP contribution in [0.4, 0.5) is 4.39 Å². The van der Waals surface area contributed by atoms with Crippen molar-refractivity contribution in [3.05, 3.63) is 59.4 Å². The first kappa shape index (κ1) is 37.0. The third-order valence-corrected chi connectivity index (χ3v) is 13.7. The highest BCUT2D eigenvalue weighted by atomic mass is 32.2. The number of hydrogen-bond donors (Lipinski definition) is 3. The molecule has 3 aliphatic carbocycles. The number of hydrogen-bond acceptors (Lipinski definition) is 11. The van der Waals surface area contributed by atoms with E-state index in [0.717, 1.165) is 25.7 Å². The van der Waals surface area contributed by atoms with Crippen molar-refractivity contribution >= 4 is 44.7 Å². The van der Waals surface area contributed by atoms with Gasteiger partial charge in [-0.3, -0.25) is 23.9 Å². The number of benzene rings is 1. The van der Waals surface area contributed by atoms with Gasteiger partial charge in [-0.1, -0.05) is 30.2 Å². The molecule has 4 fully saturated rings. The molecule has 0 spiro atoms. The van der Waals surface area contributed by atoms with Crippen LogP contribution in [0.5, 0.6) is 5.88 Å². The number of carbonyl (C=O) groups excluding carboxylic acids is 4. The van der Waals surface area contributed by atoms with E-state index in [0.29, 0.717) is 42.7 Å². The maximum atomic E-state index is 14.6. The molecule has 3 aromatic rings. The first-order valence-corrected chi connectivity index (χ1v) is 20.5. The quantitative estimate of drug-likeness (QED) is 0.283. The molecular weight excluding hydrogens is 734 g/mol. The predicted octanol–water partition coefficient (Wildman–Crippen LogP) is 3.48. The zero-order valence-corrected chi connectivity index (χ0v) is 31.5. The van der Waals surface area contributed by atoms with E-state index in [9.17, 15) is 32.0 Å². The van der Waals surface area contributed by atoms with Crippen molar-refractivity contribution < 1.29 is 41.2 Å². The number of fused-ring (bicyclic) bond motifs is 3. The first-order chi connectivity index (χ1) is 26.2. The average Bonchev–Trinajstić information content (AvgIpc) is 4.11. The lowest BCUT2D eigenvalue weighted by atomic mass is 10.0. The fraction of sp³-hybridized carbons (Fsp3) is 0.553. The van der Waals surface area contributed by atoms with Crippen LogP contribution in [0.1, 0.15) is 105 Å². The summed E-state index contributed by atoms with van der Waals surface area (Å²) in [5, 5.41) is 9.63. The van der Waals surface area contributed by atoms with Gasteiger partial charge < -0.3 is 24.8 Å². The molecule has 4 heterocycles. The highest BCUT2D eigenvalue weighted by Crippen LogP contribution is 2.47. The number of aromatic nitrogens is 3. The van der Waals surface area contributed by atoms with Crippen molar-refractivity contribution in [3.8, 4) is 5.88 Å². The molecule has 3 saturated carbocycles. The van der Waals surface area contributed by atoms with Gasteiger partial charge in [0.2, 0.25) is 27.7 Å². The van der Waals surface area contributed by atoms with Gasteiger partial charge in [0, 0.05) is 30.4 Å². The minimum absolute atomic E-state index is 0.0246. The van der Waals surface area contributed by atoms with Gasteiger partial charge in [0.15, 0.2) is 5.69 Å². The van der Waals surface area contributed by atoms with Crippen molar-refractivity contribution in [2.45, 2.75) is 119 Å². The Morgan fingerprint density at radius 3 is 2.64 bits per heavy atom. The minimum atomic E-state index is -4.01. The standard InChI is InChI=1S/C38H44FN7O8S/c1-21-34(42-28-16-24(39)12-13-26(28)40-21)53-25-17-30-33(48)43-38(36(50)45-55(51,52)37(2)14-15-37)19-23(38)8-6-4-3-5-7-9-27(35(49)46(30)20-25)41-32(47)29-18-31(54-44-29)22-10-11-22/h6,8,12-13,16,18,22-23,25,27,30H,3-5,7,9-11,14-15,17,19-20H2,1-2H3,(H,41,47)(H,43,48)(H,45,50)/b8-6-/t23-,25-,27+,30+,38-/m1/s1. The second kappa shape index (κ2) is 14.0. The molecule has 8 rings (SSSR count). The van der Waals surface area contributed by atoms with Gasteiger partial charge in [0.1, 0.15) is 41.0 Å². The number of halogens is 1. The van der Waals surface area contributed by atoms with Gasteiger partial charge in [-0.25, -0.2) is 22.8 Å². The molecule has 4 amide bonds. The largest absolute Gasteiger partial charge is 0.471 e. The molecule has 5 aliphatic rings. The van der Waals surface area contributed by atoms with Crippen LogP contribution in [0, 0.1) is 18.7 Å². The Morgan fingerprint density at radius 2 is 1.87 bits per heavy atom. The fourth-order valence-electron chi connectivity index (χ4n) is 7.50. The summed E-state index contributed by atoms with van der Waals surface area (Å²) in [5.41, 5.74) is -0.360. The molecule has 3 N–H and O–H groups in total. The van der Waals surface area contributed by atoms with Crippen LogP contribution in [-0.4, -0.2) is 87.1 Å². The Balaban J connectivity index is 1.09. The second-order valence-corrected chi connectivity index (χ2v) is 18.1. The monoisotopic (exact) mass is 777 g/mol. The zero-order chi connectivity index (χ0) is 38.7. The molecule has 0 unspecified atom stereocenters.